The summed E-state index contributed by atoms with van der Waals surface area (Å²) in [6.45, 7) is 4.64. The van der Waals surface area contributed by atoms with Crippen LogP contribution in [0.15, 0.2) is 0 Å². The van der Waals surface area contributed by atoms with Gasteiger partial charge in [0.2, 0.25) is 0 Å². The lowest BCUT2D eigenvalue weighted by molar-refractivity contribution is -0.137. The van der Waals surface area contributed by atoms with Crippen LogP contribution < -0.4 is 10.6 Å². The standard InChI is InChI=1S/C13H24N2O3S/c1-13(2,5-3-11(16)17)6-7-14-12(18)15-10-4-8-19-9-10/h10H,3-9H2,1-2H3,(H,16,17)(H2,14,15,18). The monoisotopic (exact) mass is 288 g/mol. The van der Waals surface area contributed by atoms with Gasteiger partial charge in [-0.15, -0.1) is 0 Å². The number of urea groups is 1. The number of carbonyl (C=O) groups excluding carboxylic acids is 1. The first-order valence-corrected chi connectivity index (χ1v) is 7.88. The number of nitrogens with one attached hydrogen (secondary N) is 2. The molecule has 0 spiro atoms. The zero-order valence-electron chi connectivity index (χ0n) is 11.7. The van der Waals surface area contributed by atoms with Crippen LogP contribution in [-0.4, -0.2) is 41.2 Å². The second kappa shape index (κ2) is 7.62. The van der Waals surface area contributed by atoms with E-state index in [2.05, 4.69) is 10.6 Å². The largest absolute Gasteiger partial charge is 0.481 e. The molecule has 0 aromatic rings. The van der Waals surface area contributed by atoms with Gasteiger partial charge in [0, 0.05) is 24.8 Å². The van der Waals surface area contributed by atoms with Gasteiger partial charge in [0.1, 0.15) is 0 Å². The lowest BCUT2D eigenvalue weighted by Crippen LogP contribution is -2.43. The molecule has 0 saturated carbocycles. The minimum absolute atomic E-state index is 0.0606. The van der Waals surface area contributed by atoms with Crippen LogP contribution in [0.3, 0.4) is 0 Å². The van der Waals surface area contributed by atoms with Crippen LogP contribution in [-0.2, 0) is 4.79 Å². The number of carboxylic acids is 1. The molecule has 1 unspecified atom stereocenters. The van der Waals surface area contributed by atoms with Crippen molar-refractivity contribution in [1.82, 2.24) is 10.6 Å². The average Bonchev–Trinajstić information content (AvgIpc) is 2.79. The van der Waals surface area contributed by atoms with Crippen molar-refractivity contribution in [3.63, 3.8) is 0 Å². The number of amides is 2. The fourth-order valence-corrected chi connectivity index (χ4v) is 3.12. The predicted molar refractivity (Wildman–Crippen MR) is 77.5 cm³/mol. The first-order chi connectivity index (χ1) is 8.89. The summed E-state index contributed by atoms with van der Waals surface area (Å²) in [5.41, 5.74) is -0.0606. The molecule has 5 nitrogen and oxygen atoms in total. The molecule has 0 bridgehead atoms. The molecule has 0 aliphatic carbocycles. The summed E-state index contributed by atoms with van der Waals surface area (Å²) in [6, 6.07) is 0.187. The lowest BCUT2D eigenvalue weighted by Gasteiger charge is -2.24. The van der Waals surface area contributed by atoms with Crippen LogP contribution in [0, 0.1) is 5.41 Å². The van der Waals surface area contributed by atoms with Crippen LogP contribution in [0.4, 0.5) is 4.79 Å². The number of thioether (sulfide) groups is 1. The van der Waals surface area contributed by atoms with E-state index in [9.17, 15) is 9.59 Å². The van der Waals surface area contributed by atoms with Gasteiger partial charge < -0.3 is 15.7 Å². The van der Waals surface area contributed by atoms with Crippen molar-refractivity contribution in [2.45, 2.75) is 45.6 Å². The molecule has 0 aromatic heterocycles. The number of aliphatic carboxylic acids is 1. The predicted octanol–water partition coefficient (Wildman–Crippen LogP) is 2.07. The van der Waals surface area contributed by atoms with Crippen molar-refractivity contribution >= 4 is 23.8 Å². The number of hydrogen-bond donors (Lipinski definition) is 3. The van der Waals surface area contributed by atoms with Crippen molar-refractivity contribution < 1.29 is 14.7 Å². The third-order valence-electron chi connectivity index (χ3n) is 3.37. The molecular formula is C13H24N2O3S. The molecule has 110 valence electrons. The quantitative estimate of drug-likeness (QED) is 0.670. The smallest absolute Gasteiger partial charge is 0.315 e. The van der Waals surface area contributed by atoms with E-state index in [4.69, 9.17) is 5.11 Å². The van der Waals surface area contributed by atoms with Crippen LogP contribution in [0.2, 0.25) is 0 Å². The summed E-state index contributed by atoms with van der Waals surface area (Å²) >= 11 is 1.86. The summed E-state index contributed by atoms with van der Waals surface area (Å²) in [5, 5.41) is 14.5. The molecule has 19 heavy (non-hydrogen) atoms. The van der Waals surface area contributed by atoms with E-state index in [1.165, 1.54) is 0 Å². The molecule has 6 heteroatoms. The van der Waals surface area contributed by atoms with Gasteiger partial charge in [0.25, 0.3) is 0 Å². The summed E-state index contributed by atoms with van der Waals surface area (Å²) in [4.78, 5) is 22.2. The zero-order valence-corrected chi connectivity index (χ0v) is 12.5. The van der Waals surface area contributed by atoms with E-state index in [1.807, 2.05) is 25.6 Å². The molecule has 1 atom stereocenters. The summed E-state index contributed by atoms with van der Waals surface area (Å²) in [6.07, 6.45) is 2.64. The lowest BCUT2D eigenvalue weighted by atomic mass is 9.84. The maximum absolute atomic E-state index is 11.6. The maximum Gasteiger partial charge on any atom is 0.315 e. The Labute approximate surface area is 118 Å². The second-order valence-corrected chi connectivity index (χ2v) is 6.92. The third-order valence-corrected chi connectivity index (χ3v) is 4.53. The Kier molecular flexibility index (Phi) is 6.48. The Morgan fingerprint density at radius 3 is 2.68 bits per heavy atom. The number of hydrogen-bond acceptors (Lipinski definition) is 3. The van der Waals surface area contributed by atoms with E-state index in [1.54, 1.807) is 0 Å². The Morgan fingerprint density at radius 1 is 1.37 bits per heavy atom. The normalized spacial score (nSPS) is 19.2. The van der Waals surface area contributed by atoms with Crippen LogP contribution in [0.1, 0.15) is 39.5 Å². The van der Waals surface area contributed by atoms with Gasteiger partial charge in [0.05, 0.1) is 0 Å². The average molecular weight is 288 g/mol. The molecule has 1 saturated heterocycles. The fraction of sp³-hybridized carbons (Fsp3) is 0.846. The highest BCUT2D eigenvalue weighted by Gasteiger charge is 2.20. The highest BCUT2D eigenvalue weighted by molar-refractivity contribution is 7.99. The topological polar surface area (TPSA) is 78.4 Å². The zero-order chi connectivity index (χ0) is 14.3. The molecule has 1 aliphatic heterocycles. The Balaban J connectivity index is 2.13. The van der Waals surface area contributed by atoms with E-state index >= 15 is 0 Å². The molecule has 1 heterocycles. The first kappa shape index (κ1) is 16.1. The van der Waals surface area contributed by atoms with Gasteiger partial charge in [0.15, 0.2) is 0 Å². The van der Waals surface area contributed by atoms with Gasteiger partial charge in [-0.1, -0.05) is 13.8 Å². The molecule has 0 aromatic carbocycles. The fourth-order valence-electron chi connectivity index (χ4n) is 1.97. The SMILES string of the molecule is CC(C)(CCNC(=O)NC1CCSC1)CCC(=O)O. The Hall–Kier alpha value is -0.910. The highest BCUT2D eigenvalue weighted by Crippen LogP contribution is 2.26. The molecule has 1 fully saturated rings. The number of rotatable bonds is 7. The number of carbonyl (C=O) groups is 2. The maximum atomic E-state index is 11.6. The van der Waals surface area contributed by atoms with E-state index in [-0.39, 0.29) is 17.9 Å². The summed E-state index contributed by atoms with van der Waals surface area (Å²) < 4.78 is 0. The number of carboxylic acid groups (broad SMARTS) is 1. The molecule has 2 amide bonds. The molecule has 3 N–H and O–H groups in total. The van der Waals surface area contributed by atoms with Gasteiger partial charge >= 0.3 is 12.0 Å². The van der Waals surface area contributed by atoms with Gasteiger partial charge in [-0.3, -0.25) is 4.79 Å². The first-order valence-electron chi connectivity index (χ1n) is 6.73. The van der Waals surface area contributed by atoms with Crippen molar-refractivity contribution in [1.29, 1.82) is 0 Å². The van der Waals surface area contributed by atoms with Crippen LogP contribution in [0.5, 0.6) is 0 Å². The van der Waals surface area contributed by atoms with Crippen molar-refractivity contribution in [2.24, 2.45) is 5.41 Å². The molecule has 1 aliphatic rings. The minimum atomic E-state index is -0.766. The van der Waals surface area contributed by atoms with Gasteiger partial charge in [-0.25, -0.2) is 4.79 Å². The van der Waals surface area contributed by atoms with Crippen molar-refractivity contribution in [3.05, 3.63) is 0 Å². The molecule has 1 rings (SSSR count). The van der Waals surface area contributed by atoms with Gasteiger partial charge in [-0.2, -0.15) is 11.8 Å². The van der Waals surface area contributed by atoms with E-state index in [0.717, 1.165) is 24.3 Å². The summed E-state index contributed by atoms with van der Waals surface area (Å²) in [5.74, 6) is 1.35. The minimum Gasteiger partial charge on any atom is -0.481 e. The summed E-state index contributed by atoms with van der Waals surface area (Å²) in [7, 11) is 0. The molecular weight excluding hydrogens is 264 g/mol. The molecule has 0 radical (unpaired) electrons. The van der Waals surface area contributed by atoms with E-state index in [0.29, 0.717) is 19.0 Å². The Morgan fingerprint density at radius 2 is 2.11 bits per heavy atom. The Bertz CT molecular complexity index is 315. The van der Waals surface area contributed by atoms with Crippen molar-refractivity contribution in [3.8, 4) is 0 Å². The van der Waals surface area contributed by atoms with Gasteiger partial charge in [-0.05, 0) is 30.4 Å². The third kappa shape index (κ3) is 7.30. The van der Waals surface area contributed by atoms with E-state index < -0.39 is 5.97 Å². The van der Waals surface area contributed by atoms with Crippen LogP contribution in [0.25, 0.3) is 0 Å². The van der Waals surface area contributed by atoms with Crippen LogP contribution >= 0.6 is 11.8 Å². The van der Waals surface area contributed by atoms with Crippen molar-refractivity contribution in [2.75, 3.05) is 18.1 Å². The second-order valence-electron chi connectivity index (χ2n) is 5.77. The highest BCUT2D eigenvalue weighted by atomic mass is 32.2.